The number of nitrogens with zero attached hydrogens (tertiary/aromatic N) is 4. The van der Waals surface area contributed by atoms with Gasteiger partial charge in [0.1, 0.15) is 12.5 Å². The Morgan fingerprint density at radius 1 is 1.08 bits per heavy atom. The molecule has 0 atom stereocenters. The highest BCUT2D eigenvalue weighted by Crippen LogP contribution is 2.41. The van der Waals surface area contributed by atoms with Crippen LogP contribution >= 0.6 is 8.60 Å². The molecule has 0 unspecified atom stereocenters. The molecule has 2 aromatic heterocycles. The van der Waals surface area contributed by atoms with Gasteiger partial charge in [-0.1, -0.05) is 0 Å². The Balaban J connectivity index is 1.62. The van der Waals surface area contributed by atoms with Crippen LogP contribution in [0.25, 0.3) is 0 Å². The van der Waals surface area contributed by atoms with Crippen LogP contribution in [0.3, 0.4) is 0 Å². The molecule has 208 valence electrons. The lowest BCUT2D eigenvalue weighted by molar-refractivity contribution is -0.133. The minimum atomic E-state index is -2.73. The van der Waals surface area contributed by atoms with Crippen molar-refractivity contribution >= 4 is 43.6 Å². The number of halogens is 1. The molecule has 0 saturated heterocycles. The van der Waals surface area contributed by atoms with Gasteiger partial charge in [0.25, 0.3) is 5.91 Å². The van der Waals surface area contributed by atoms with Gasteiger partial charge in [0.2, 0.25) is 11.7 Å². The predicted octanol–water partition coefficient (Wildman–Crippen LogP) is 3.21. The Bertz CT molecular complexity index is 1350. The van der Waals surface area contributed by atoms with Gasteiger partial charge < -0.3 is 39.4 Å². The molecule has 1 aliphatic rings. The number of anilines is 5. The van der Waals surface area contributed by atoms with Crippen molar-refractivity contribution in [3.05, 3.63) is 36.3 Å². The first-order valence-electron chi connectivity index (χ1n) is 11.3. The number of amides is 1. The summed E-state index contributed by atoms with van der Waals surface area (Å²) < 4.78 is 41.3. The zero-order chi connectivity index (χ0) is 28.3. The second-order valence-corrected chi connectivity index (χ2v) is 9.19. The van der Waals surface area contributed by atoms with E-state index in [2.05, 4.69) is 25.6 Å². The normalized spacial score (nSPS) is 14.0. The van der Waals surface area contributed by atoms with Crippen LogP contribution in [-0.4, -0.2) is 64.3 Å². The molecule has 1 amide bonds. The summed E-state index contributed by atoms with van der Waals surface area (Å²) in [6.45, 7) is 2.62. The Kier molecular flexibility index (Phi) is 8.16. The smallest absolute Gasteiger partial charge is 0.328 e. The summed E-state index contributed by atoms with van der Waals surface area (Å²) in [7, 11) is 1.71. The number of fused-ring (bicyclic) bond motifs is 1. The molecule has 0 saturated carbocycles. The molecule has 3 heterocycles. The molecule has 16 heteroatoms. The van der Waals surface area contributed by atoms with Crippen molar-refractivity contribution in [1.29, 1.82) is 0 Å². The average Bonchev–Trinajstić information content (AvgIpc) is 2.90. The van der Waals surface area contributed by atoms with E-state index in [1.807, 2.05) is 0 Å². The first-order valence-corrected chi connectivity index (χ1v) is 12.4. The summed E-state index contributed by atoms with van der Waals surface area (Å²) >= 11 is 0. The van der Waals surface area contributed by atoms with E-state index in [0.717, 1.165) is 11.1 Å². The Morgan fingerprint density at radius 2 is 1.77 bits per heavy atom. The maximum Gasteiger partial charge on any atom is 0.328 e. The zero-order valence-electron chi connectivity index (χ0n) is 21.6. The molecule has 0 aliphatic carbocycles. The Labute approximate surface area is 223 Å². The van der Waals surface area contributed by atoms with Crippen molar-refractivity contribution in [2.75, 3.05) is 43.6 Å². The van der Waals surface area contributed by atoms with E-state index in [-0.39, 0.29) is 29.2 Å². The maximum absolute atomic E-state index is 14.7. The highest BCUT2D eigenvalue weighted by Gasteiger charge is 2.42. The third-order valence-corrected chi connectivity index (χ3v) is 5.78. The van der Waals surface area contributed by atoms with Gasteiger partial charge in [-0.05, 0) is 26.0 Å². The summed E-state index contributed by atoms with van der Waals surface area (Å²) in [6, 6.07) is 6.29. The molecule has 1 aromatic carbocycles. The van der Waals surface area contributed by atoms with Crippen molar-refractivity contribution in [3.63, 3.8) is 0 Å². The fourth-order valence-corrected chi connectivity index (χ4v) is 3.88. The third-order valence-electron chi connectivity index (χ3n) is 5.43. The number of hydrogen-bond donors (Lipinski definition) is 4. The first kappa shape index (κ1) is 28.0. The standard InChI is InChI=1S/C23H26FN6O8P/c1-23(2)21(31)30(11-37-39(32)33)20-14(38-23)6-7-17(28-20)27-19-13(24)10-25-22(29-19)26-12-8-15(34-3)18(36-5)16(9-12)35-4/h6-10,32-33H,11H2,1-5H3,(H2,25,26,27,28,29). The van der Waals surface area contributed by atoms with E-state index < -0.39 is 32.7 Å². The van der Waals surface area contributed by atoms with E-state index >= 15 is 0 Å². The summed E-state index contributed by atoms with van der Waals surface area (Å²) in [5.41, 5.74) is -0.775. The second kappa shape index (κ2) is 11.4. The van der Waals surface area contributed by atoms with Crippen molar-refractivity contribution in [2.24, 2.45) is 0 Å². The monoisotopic (exact) mass is 564 g/mol. The Hall–Kier alpha value is -4.04. The maximum atomic E-state index is 14.7. The molecule has 14 nitrogen and oxygen atoms in total. The van der Waals surface area contributed by atoms with Gasteiger partial charge in [0.05, 0.1) is 27.5 Å². The lowest BCUT2D eigenvalue weighted by atomic mass is 10.1. The number of hydrogen-bond acceptors (Lipinski definition) is 13. The van der Waals surface area contributed by atoms with E-state index in [4.69, 9.17) is 33.3 Å². The van der Waals surface area contributed by atoms with E-state index in [9.17, 15) is 9.18 Å². The molecule has 4 rings (SSSR count). The van der Waals surface area contributed by atoms with Crippen molar-refractivity contribution in [3.8, 4) is 23.0 Å². The van der Waals surface area contributed by atoms with Crippen LogP contribution in [-0.2, 0) is 9.32 Å². The number of benzene rings is 1. The summed E-state index contributed by atoms with van der Waals surface area (Å²) in [5, 5.41) is 5.71. The minimum Gasteiger partial charge on any atom is -0.493 e. The number of methoxy groups -OCH3 is 3. The first-order chi connectivity index (χ1) is 18.6. The number of rotatable bonds is 10. The summed E-state index contributed by atoms with van der Waals surface area (Å²) in [6.07, 6.45) is 0.966. The number of ether oxygens (including phenoxy) is 4. The van der Waals surface area contributed by atoms with Crippen LogP contribution in [0.5, 0.6) is 23.0 Å². The average molecular weight is 564 g/mol. The fourth-order valence-electron chi connectivity index (χ4n) is 3.67. The topological polar surface area (TPSA) is 170 Å². The van der Waals surface area contributed by atoms with Crippen LogP contribution in [0.1, 0.15) is 13.8 Å². The summed E-state index contributed by atoms with van der Waals surface area (Å²) in [4.78, 5) is 44.8. The lowest BCUT2D eigenvalue weighted by Crippen LogP contribution is -2.53. The van der Waals surface area contributed by atoms with Gasteiger partial charge in [0, 0.05) is 17.8 Å². The lowest BCUT2D eigenvalue weighted by Gasteiger charge is -2.37. The molecular formula is C23H26FN6O8P. The number of nitrogens with one attached hydrogen (secondary N) is 2. The number of aromatic nitrogens is 3. The molecule has 3 aromatic rings. The molecule has 0 fully saturated rings. The number of carbonyl (C=O) groups excluding carboxylic acids is 1. The molecule has 0 bridgehead atoms. The highest BCUT2D eigenvalue weighted by molar-refractivity contribution is 7.39. The molecule has 1 aliphatic heterocycles. The minimum absolute atomic E-state index is 0.0337. The van der Waals surface area contributed by atoms with Gasteiger partial charge in [-0.3, -0.25) is 14.2 Å². The Morgan fingerprint density at radius 3 is 2.38 bits per heavy atom. The molecule has 0 spiro atoms. The molecular weight excluding hydrogens is 538 g/mol. The van der Waals surface area contributed by atoms with E-state index in [0.29, 0.717) is 22.9 Å². The highest BCUT2D eigenvalue weighted by atomic mass is 31.2. The van der Waals surface area contributed by atoms with Crippen LogP contribution < -0.4 is 34.5 Å². The van der Waals surface area contributed by atoms with Crippen LogP contribution in [0.2, 0.25) is 0 Å². The summed E-state index contributed by atoms with van der Waals surface area (Å²) in [5.74, 6) is 0.0869. The van der Waals surface area contributed by atoms with Crippen molar-refractivity contribution in [2.45, 2.75) is 19.4 Å². The molecule has 39 heavy (non-hydrogen) atoms. The van der Waals surface area contributed by atoms with Crippen LogP contribution in [0.4, 0.5) is 33.5 Å². The zero-order valence-corrected chi connectivity index (χ0v) is 22.4. The van der Waals surface area contributed by atoms with Crippen LogP contribution in [0, 0.1) is 5.82 Å². The quantitative estimate of drug-likeness (QED) is 0.265. The number of pyridine rings is 1. The SMILES string of the molecule is COc1cc(Nc2ncc(F)c(Nc3ccc4c(n3)N(COP(O)O)C(=O)C(C)(C)O4)n2)cc(OC)c1OC. The van der Waals surface area contributed by atoms with Gasteiger partial charge in [-0.25, -0.2) is 14.4 Å². The van der Waals surface area contributed by atoms with Crippen molar-refractivity contribution in [1.82, 2.24) is 15.0 Å². The molecule has 0 radical (unpaired) electrons. The number of carbonyl (C=O) groups is 1. The van der Waals surface area contributed by atoms with E-state index in [1.54, 1.807) is 26.0 Å². The van der Waals surface area contributed by atoms with Gasteiger partial charge in [0.15, 0.2) is 40.3 Å². The van der Waals surface area contributed by atoms with E-state index in [1.165, 1.54) is 33.5 Å². The third kappa shape index (κ3) is 6.01. The van der Waals surface area contributed by atoms with Gasteiger partial charge >= 0.3 is 8.60 Å². The van der Waals surface area contributed by atoms with Gasteiger partial charge in [-0.15, -0.1) is 0 Å². The largest absolute Gasteiger partial charge is 0.493 e. The second-order valence-electron chi connectivity index (χ2n) is 8.43. The van der Waals surface area contributed by atoms with Gasteiger partial charge in [-0.2, -0.15) is 4.98 Å². The fraction of sp³-hybridized carbons (Fsp3) is 0.304. The molecule has 4 N–H and O–H groups in total. The predicted molar refractivity (Wildman–Crippen MR) is 138 cm³/mol. The van der Waals surface area contributed by atoms with Crippen LogP contribution in [0.15, 0.2) is 30.5 Å². The van der Waals surface area contributed by atoms with Crippen molar-refractivity contribution < 1.29 is 42.4 Å².